The van der Waals surface area contributed by atoms with Gasteiger partial charge in [0.1, 0.15) is 5.57 Å². The fourth-order valence-corrected chi connectivity index (χ4v) is 3.14. The van der Waals surface area contributed by atoms with Gasteiger partial charge in [-0.25, -0.2) is 10.0 Å². The lowest BCUT2D eigenvalue weighted by Gasteiger charge is -2.27. The van der Waals surface area contributed by atoms with E-state index in [0.29, 0.717) is 13.1 Å². The van der Waals surface area contributed by atoms with Gasteiger partial charge >= 0.3 is 0 Å². The molecule has 132 valence electrons. The highest BCUT2D eigenvalue weighted by Gasteiger charge is 2.40. The van der Waals surface area contributed by atoms with E-state index in [4.69, 9.17) is 0 Å². The topological polar surface area (TPSA) is 56.4 Å². The van der Waals surface area contributed by atoms with Crippen molar-refractivity contribution in [3.05, 3.63) is 41.6 Å². The Labute approximate surface area is 148 Å². The summed E-state index contributed by atoms with van der Waals surface area (Å²) in [4.78, 5) is 28.9. The molecular formula is C20H25N3O2. The summed E-state index contributed by atoms with van der Waals surface area (Å²) in [5.74, 6) is -0.361. The number of nitrogens with zero attached hydrogens (tertiary/aromatic N) is 2. The number of amides is 2. The molecule has 0 radical (unpaired) electrons. The molecule has 5 nitrogen and oxygen atoms in total. The van der Waals surface area contributed by atoms with Crippen LogP contribution in [0.15, 0.2) is 36.0 Å². The standard InChI is InChI=1S/C20H25N3O2/c1-3-5-11-22-19(24)17(20(25)23(22)12-6-4-2)13-15-14-21-18-10-8-7-9-16(15)18/h7-10,13-14,21H,3-6,11-12H2,1-2H3. The quantitative estimate of drug-likeness (QED) is 0.617. The summed E-state index contributed by atoms with van der Waals surface area (Å²) in [6.07, 6.45) is 7.34. The maximum Gasteiger partial charge on any atom is 0.278 e. The predicted molar refractivity (Wildman–Crippen MR) is 99.5 cm³/mol. The largest absolute Gasteiger partial charge is 0.361 e. The van der Waals surface area contributed by atoms with E-state index in [1.807, 2.05) is 30.5 Å². The van der Waals surface area contributed by atoms with E-state index in [-0.39, 0.29) is 17.4 Å². The molecule has 1 N–H and O–H groups in total. The van der Waals surface area contributed by atoms with Gasteiger partial charge < -0.3 is 4.98 Å². The molecule has 2 heterocycles. The zero-order chi connectivity index (χ0) is 17.8. The van der Waals surface area contributed by atoms with Gasteiger partial charge in [-0.1, -0.05) is 44.9 Å². The third-order valence-corrected chi connectivity index (χ3v) is 4.59. The lowest BCUT2D eigenvalue weighted by Crippen LogP contribution is -2.42. The number of benzene rings is 1. The van der Waals surface area contributed by atoms with Crippen molar-refractivity contribution >= 4 is 28.8 Å². The van der Waals surface area contributed by atoms with Crippen molar-refractivity contribution < 1.29 is 9.59 Å². The Kier molecular flexibility index (Phi) is 5.22. The minimum atomic E-state index is -0.181. The van der Waals surface area contributed by atoms with Crippen molar-refractivity contribution in [1.29, 1.82) is 0 Å². The first-order valence-electron chi connectivity index (χ1n) is 9.08. The summed E-state index contributed by atoms with van der Waals surface area (Å²) in [5.41, 5.74) is 2.13. The van der Waals surface area contributed by atoms with Crippen LogP contribution in [0.4, 0.5) is 0 Å². The number of nitrogens with one attached hydrogen (secondary N) is 1. The molecule has 1 fully saturated rings. The Morgan fingerprint density at radius 2 is 1.56 bits per heavy atom. The molecule has 0 bridgehead atoms. The average Bonchev–Trinajstić information content (AvgIpc) is 3.13. The SMILES string of the molecule is CCCCN1C(=O)C(=Cc2c[nH]c3ccccc23)C(=O)N1CCCC. The van der Waals surface area contributed by atoms with E-state index in [0.717, 1.165) is 42.1 Å². The first-order valence-corrected chi connectivity index (χ1v) is 9.08. The van der Waals surface area contributed by atoms with E-state index < -0.39 is 0 Å². The number of fused-ring (bicyclic) bond motifs is 1. The predicted octanol–water partition coefficient (Wildman–Crippen LogP) is 3.74. The molecule has 25 heavy (non-hydrogen) atoms. The third kappa shape index (κ3) is 3.31. The van der Waals surface area contributed by atoms with E-state index >= 15 is 0 Å². The molecule has 2 aromatic rings. The number of hydrazine groups is 1. The molecule has 5 heteroatoms. The van der Waals surface area contributed by atoms with Gasteiger partial charge in [0.05, 0.1) is 0 Å². The summed E-state index contributed by atoms with van der Waals surface area (Å²) in [6.45, 7) is 5.36. The monoisotopic (exact) mass is 339 g/mol. The van der Waals surface area contributed by atoms with Gasteiger partial charge in [-0.05, 0) is 25.0 Å². The molecule has 1 aromatic heterocycles. The van der Waals surface area contributed by atoms with Gasteiger partial charge in [0.15, 0.2) is 0 Å². The molecule has 0 aliphatic carbocycles. The zero-order valence-electron chi connectivity index (χ0n) is 14.9. The van der Waals surface area contributed by atoms with Crippen LogP contribution in [0.2, 0.25) is 0 Å². The molecule has 3 rings (SSSR count). The van der Waals surface area contributed by atoms with E-state index in [2.05, 4.69) is 18.8 Å². The summed E-state index contributed by atoms with van der Waals surface area (Å²) in [6, 6.07) is 7.89. The summed E-state index contributed by atoms with van der Waals surface area (Å²) >= 11 is 0. The van der Waals surface area contributed by atoms with Crippen molar-refractivity contribution in [1.82, 2.24) is 15.0 Å². The van der Waals surface area contributed by atoms with Gasteiger partial charge in [-0.15, -0.1) is 0 Å². The van der Waals surface area contributed by atoms with Gasteiger partial charge in [0, 0.05) is 35.8 Å². The lowest BCUT2D eigenvalue weighted by molar-refractivity contribution is -0.147. The average molecular weight is 339 g/mol. The van der Waals surface area contributed by atoms with Gasteiger partial charge in [-0.2, -0.15) is 0 Å². The van der Waals surface area contributed by atoms with Crippen molar-refractivity contribution in [3.8, 4) is 0 Å². The van der Waals surface area contributed by atoms with Crippen LogP contribution in [-0.2, 0) is 9.59 Å². The van der Waals surface area contributed by atoms with Crippen LogP contribution in [0.3, 0.4) is 0 Å². The minimum Gasteiger partial charge on any atom is -0.361 e. The van der Waals surface area contributed by atoms with Crippen LogP contribution in [0, 0.1) is 0 Å². The second-order valence-corrected chi connectivity index (χ2v) is 6.41. The number of aromatic amines is 1. The number of para-hydroxylation sites is 1. The second-order valence-electron chi connectivity index (χ2n) is 6.41. The maximum absolute atomic E-state index is 12.8. The zero-order valence-corrected chi connectivity index (χ0v) is 14.9. The van der Waals surface area contributed by atoms with Crippen LogP contribution in [0.25, 0.3) is 17.0 Å². The fourth-order valence-electron chi connectivity index (χ4n) is 3.14. The Morgan fingerprint density at radius 1 is 0.960 bits per heavy atom. The first-order chi connectivity index (χ1) is 12.2. The summed E-state index contributed by atoms with van der Waals surface area (Å²) in [5, 5.41) is 4.27. The Morgan fingerprint density at radius 3 is 2.16 bits per heavy atom. The highest BCUT2D eigenvalue weighted by molar-refractivity contribution is 6.25. The molecule has 0 saturated carbocycles. The van der Waals surface area contributed by atoms with Crippen LogP contribution in [-0.4, -0.2) is 39.9 Å². The molecule has 0 spiro atoms. The number of hydrogen-bond acceptors (Lipinski definition) is 2. The molecule has 0 unspecified atom stereocenters. The van der Waals surface area contributed by atoms with E-state index in [9.17, 15) is 9.59 Å². The van der Waals surface area contributed by atoms with E-state index in [1.54, 1.807) is 16.1 Å². The Bertz CT molecular complexity index is 778. The Balaban J connectivity index is 1.94. The molecule has 1 saturated heterocycles. The Hall–Kier alpha value is -2.56. The molecule has 1 aliphatic rings. The molecular weight excluding hydrogens is 314 g/mol. The molecule has 0 atom stereocenters. The summed E-state index contributed by atoms with van der Waals surface area (Å²) < 4.78 is 0. The smallest absolute Gasteiger partial charge is 0.278 e. The van der Waals surface area contributed by atoms with Crippen LogP contribution in [0.1, 0.15) is 45.1 Å². The highest BCUT2D eigenvalue weighted by Crippen LogP contribution is 2.26. The number of H-pyrrole nitrogens is 1. The molecule has 2 amide bonds. The van der Waals surface area contributed by atoms with Gasteiger partial charge in [0.25, 0.3) is 11.8 Å². The maximum atomic E-state index is 12.8. The molecule has 1 aliphatic heterocycles. The fraction of sp³-hybridized carbons (Fsp3) is 0.400. The van der Waals surface area contributed by atoms with Crippen LogP contribution >= 0.6 is 0 Å². The third-order valence-electron chi connectivity index (χ3n) is 4.59. The number of carbonyl (C=O) groups is 2. The van der Waals surface area contributed by atoms with Crippen molar-refractivity contribution in [2.75, 3.05) is 13.1 Å². The number of aromatic nitrogens is 1. The minimum absolute atomic E-state index is 0.181. The second kappa shape index (κ2) is 7.55. The summed E-state index contributed by atoms with van der Waals surface area (Å²) in [7, 11) is 0. The van der Waals surface area contributed by atoms with Crippen LogP contribution in [0.5, 0.6) is 0 Å². The van der Waals surface area contributed by atoms with Crippen LogP contribution < -0.4 is 0 Å². The first kappa shape index (κ1) is 17.3. The lowest BCUT2D eigenvalue weighted by atomic mass is 10.1. The normalized spacial score (nSPS) is 14.9. The van der Waals surface area contributed by atoms with Crippen molar-refractivity contribution in [2.45, 2.75) is 39.5 Å². The molecule has 1 aromatic carbocycles. The highest BCUT2D eigenvalue weighted by atomic mass is 16.2. The van der Waals surface area contributed by atoms with Gasteiger partial charge in [-0.3, -0.25) is 9.59 Å². The van der Waals surface area contributed by atoms with E-state index in [1.165, 1.54) is 0 Å². The number of rotatable bonds is 7. The number of hydrogen-bond donors (Lipinski definition) is 1. The van der Waals surface area contributed by atoms with Gasteiger partial charge in [0.2, 0.25) is 0 Å². The van der Waals surface area contributed by atoms with Crippen molar-refractivity contribution in [3.63, 3.8) is 0 Å². The van der Waals surface area contributed by atoms with Crippen molar-refractivity contribution in [2.24, 2.45) is 0 Å². The number of carbonyl (C=O) groups excluding carboxylic acids is 2. The number of unbranched alkanes of at least 4 members (excludes halogenated alkanes) is 2.